The number of carbonyl (C=O) groups excluding carboxylic acids is 1. The molecule has 2 aromatic rings. The van der Waals surface area contributed by atoms with Crippen LogP contribution in [0.2, 0.25) is 0 Å². The second-order valence-corrected chi connectivity index (χ2v) is 5.24. The number of nitrogens with one attached hydrogen (secondary N) is 1. The van der Waals surface area contributed by atoms with Crippen LogP contribution in [0.25, 0.3) is 10.9 Å². The van der Waals surface area contributed by atoms with Crippen LogP contribution in [-0.2, 0) is 0 Å². The second kappa shape index (κ2) is 5.49. The molecule has 0 spiro atoms. The Bertz CT molecular complexity index is 633. The lowest BCUT2D eigenvalue weighted by molar-refractivity contribution is 0.0937. The minimum absolute atomic E-state index is 0.0258. The van der Waals surface area contributed by atoms with E-state index in [0.717, 1.165) is 29.5 Å². The normalized spacial score (nSPS) is 15.4. The summed E-state index contributed by atoms with van der Waals surface area (Å²) in [6, 6.07) is 7.88. The first kappa shape index (κ1) is 12.9. The van der Waals surface area contributed by atoms with E-state index >= 15 is 0 Å². The maximum absolute atomic E-state index is 12.2. The molecule has 1 N–H and O–H groups in total. The number of amides is 1. The number of methoxy groups -OCH3 is 1. The van der Waals surface area contributed by atoms with Crippen molar-refractivity contribution in [2.24, 2.45) is 0 Å². The quantitative estimate of drug-likeness (QED) is 0.933. The average Bonchev–Trinajstić information content (AvgIpc) is 2.99. The average molecular weight is 270 g/mol. The van der Waals surface area contributed by atoms with Gasteiger partial charge < -0.3 is 10.1 Å². The van der Waals surface area contributed by atoms with Gasteiger partial charge in [0.05, 0.1) is 18.2 Å². The molecule has 1 aliphatic carbocycles. The van der Waals surface area contributed by atoms with E-state index in [0.29, 0.717) is 11.6 Å². The number of aromatic nitrogens is 1. The van der Waals surface area contributed by atoms with Crippen LogP contribution in [0.3, 0.4) is 0 Å². The summed E-state index contributed by atoms with van der Waals surface area (Å²) in [5.74, 6) is 0.746. The summed E-state index contributed by atoms with van der Waals surface area (Å²) in [5, 5.41) is 4.03. The number of carbonyl (C=O) groups is 1. The fraction of sp³-hybridized carbons (Fsp3) is 0.375. The summed E-state index contributed by atoms with van der Waals surface area (Å²) in [4.78, 5) is 16.5. The molecule has 0 saturated heterocycles. The summed E-state index contributed by atoms with van der Waals surface area (Å²) in [7, 11) is 1.63. The van der Waals surface area contributed by atoms with Crippen molar-refractivity contribution in [1.82, 2.24) is 10.3 Å². The minimum Gasteiger partial charge on any atom is -0.497 e. The van der Waals surface area contributed by atoms with Crippen LogP contribution in [0.5, 0.6) is 5.75 Å². The summed E-state index contributed by atoms with van der Waals surface area (Å²) < 4.78 is 5.17. The van der Waals surface area contributed by atoms with Crippen molar-refractivity contribution in [3.05, 3.63) is 36.0 Å². The van der Waals surface area contributed by atoms with Gasteiger partial charge in [-0.05, 0) is 31.0 Å². The molecular weight excluding hydrogens is 252 g/mol. The van der Waals surface area contributed by atoms with E-state index in [4.69, 9.17) is 4.74 Å². The standard InChI is InChI=1S/C16H18N2O2/c1-20-14-7-6-11-8-12(10-17-15(11)9-14)16(19)18-13-4-2-3-5-13/h6-10,13H,2-5H2,1H3,(H,18,19). The van der Waals surface area contributed by atoms with E-state index in [1.807, 2.05) is 24.3 Å². The van der Waals surface area contributed by atoms with Gasteiger partial charge in [-0.3, -0.25) is 9.78 Å². The van der Waals surface area contributed by atoms with Crippen molar-refractivity contribution in [1.29, 1.82) is 0 Å². The lowest BCUT2D eigenvalue weighted by atomic mass is 10.1. The number of fused-ring (bicyclic) bond motifs is 1. The zero-order valence-electron chi connectivity index (χ0n) is 11.6. The van der Waals surface area contributed by atoms with Crippen molar-refractivity contribution < 1.29 is 9.53 Å². The fourth-order valence-corrected chi connectivity index (χ4v) is 2.69. The first-order valence-corrected chi connectivity index (χ1v) is 7.01. The van der Waals surface area contributed by atoms with Gasteiger partial charge in [0.15, 0.2) is 0 Å². The molecule has 0 bridgehead atoms. The van der Waals surface area contributed by atoms with Crippen molar-refractivity contribution in [3.63, 3.8) is 0 Å². The number of hydrogen-bond donors (Lipinski definition) is 1. The van der Waals surface area contributed by atoms with Crippen LogP contribution in [0.1, 0.15) is 36.0 Å². The number of hydrogen-bond acceptors (Lipinski definition) is 3. The monoisotopic (exact) mass is 270 g/mol. The molecule has 1 aliphatic rings. The van der Waals surface area contributed by atoms with Crippen LogP contribution >= 0.6 is 0 Å². The fourth-order valence-electron chi connectivity index (χ4n) is 2.69. The molecule has 20 heavy (non-hydrogen) atoms. The Kier molecular flexibility index (Phi) is 3.54. The van der Waals surface area contributed by atoms with Gasteiger partial charge in [-0.25, -0.2) is 0 Å². The highest BCUT2D eigenvalue weighted by atomic mass is 16.5. The highest BCUT2D eigenvalue weighted by Crippen LogP contribution is 2.21. The van der Waals surface area contributed by atoms with Crippen LogP contribution in [0, 0.1) is 0 Å². The highest BCUT2D eigenvalue weighted by molar-refractivity contribution is 5.97. The predicted octanol–water partition coefficient (Wildman–Crippen LogP) is 2.92. The number of rotatable bonds is 3. The molecule has 3 rings (SSSR count). The summed E-state index contributed by atoms with van der Waals surface area (Å²) in [6.07, 6.45) is 6.22. The molecule has 0 unspecified atom stereocenters. The van der Waals surface area contributed by atoms with E-state index in [9.17, 15) is 4.79 Å². The number of ether oxygens (including phenoxy) is 1. The molecule has 0 radical (unpaired) electrons. The molecule has 104 valence electrons. The topological polar surface area (TPSA) is 51.2 Å². The maximum Gasteiger partial charge on any atom is 0.253 e. The Labute approximate surface area is 118 Å². The summed E-state index contributed by atoms with van der Waals surface area (Å²) in [6.45, 7) is 0. The SMILES string of the molecule is COc1ccc2cc(C(=O)NC3CCCC3)cnc2c1. The van der Waals surface area contributed by atoms with Gasteiger partial charge in [0, 0.05) is 23.7 Å². The van der Waals surface area contributed by atoms with E-state index < -0.39 is 0 Å². The van der Waals surface area contributed by atoms with Crippen LogP contribution in [0.4, 0.5) is 0 Å². The van der Waals surface area contributed by atoms with Crippen molar-refractivity contribution >= 4 is 16.8 Å². The molecule has 4 heteroatoms. The Balaban J connectivity index is 1.82. The summed E-state index contributed by atoms with van der Waals surface area (Å²) in [5.41, 5.74) is 1.45. The molecule has 0 aliphatic heterocycles. The lowest BCUT2D eigenvalue weighted by Crippen LogP contribution is -2.32. The number of benzene rings is 1. The zero-order chi connectivity index (χ0) is 13.9. The first-order chi connectivity index (χ1) is 9.76. The van der Waals surface area contributed by atoms with Gasteiger partial charge in [-0.1, -0.05) is 12.8 Å². The largest absolute Gasteiger partial charge is 0.497 e. The third kappa shape index (κ3) is 2.59. The van der Waals surface area contributed by atoms with E-state index in [2.05, 4.69) is 10.3 Å². The van der Waals surface area contributed by atoms with Gasteiger partial charge in [-0.2, -0.15) is 0 Å². The van der Waals surface area contributed by atoms with E-state index in [1.165, 1.54) is 12.8 Å². The molecule has 4 nitrogen and oxygen atoms in total. The van der Waals surface area contributed by atoms with Crippen LogP contribution in [0.15, 0.2) is 30.5 Å². The lowest BCUT2D eigenvalue weighted by Gasteiger charge is -2.12. The Morgan fingerprint density at radius 2 is 2.10 bits per heavy atom. The second-order valence-electron chi connectivity index (χ2n) is 5.24. The molecule has 1 aromatic heterocycles. The smallest absolute Gasteiger partial charge is 0.253 e. The van der Waals surface area contributed by atoms with Gasteiger partial charge in [-0.15, -0.1) is 0 Å². The number of nitrogens with zero attached hydrogens (tertiary/aromatic N) is 1. The minimum atomic E-state index is -0.0258. The van der Waals surface area contributed by atoms with Crippen molar-refractivity contribution in [2.75, 3.05) is 7.11 Å². The predicted molar refractivity (Wildman–Crippen MR) is 78.0 cm³/mol. The van der Waals surface area contributed by atoms with E-state index in [-0.39, 0.29) is 5.91 Å². The third-order valence-electron chi connectivity index (χ3n) is 3.84. The Morgan fingerprint density at radius 3 is 2.85 bits per heavy atom. The van der Waals surface area contributed by atoms with Gasteiger partial charge >= 0.3 is 0 Å². The molecule has 0 atom stereocenters. The van der Waals surface area contributed by atoms with E-state index in [1.54, 1.807) is 13.3 Å². The molecule has 1 fully saturated rings. The molecule has 1 saturated carbocycles. The zero-order valence-corrected chi connectivity index (χ0v) is 11.6. The Hall–Kier alpha value is -2.10. The van der Waals surface area contributed by atoms with Crippen LogP contribution < -0.4 is 10.1 Å². The molecular formula is C16H18N2O2. The molecule has 1 amide bonds. The van der Waals surface area contributed by atoms with Crippen LogP contribution in [-0.4, -0.2) is 24.0 Å². The number of pyridine rings is 1. The third-order valence-corrected chi connectivity index (χ3v) is 3.84. The van der Waals surface area contributed by atoms with Gasteiger partial charge in [0.25, 0.3) is 5.91 Å². The Morgan fingerprint density at radius 1 is 1.30 bits per heavy atom. The first-order valence-electron chi connectivity index (χ1n) is 7.01. The molecule has 1 aromatic carbocycles. The van der Waals surface area contributed by atoms with Crippen molar-refractivity contribution in [2.45, 2.75) is 31.7 Å². The summed E-state index contributed by atoms with van der Waals surface area (Å²) >= 11 is 0. The van der Waals surface area contributed by atoms with Gasteiger partial charge in [0.1, 0.15) is 5.75 Å². The van der Waals surface area contributed by atoms with Gasteiger partial charge in [0.2, 0.25) is 0 Å². The molecule has 1 heterocycles. The highest BCUT2D eigenvalue weighted by Gasteiger charge is 2.18. The maximum atomic E-state index is 12.2. The van der Waals surface area contributed by atoms with Crippen molar-refractivity contribution in [3.8, 4) is 5.75 Å².